The molecule has 2 aromatic rings. The number of thioether (sulfide) groups is 1. The summed E-state index contributed by atoms with van der Waals surface area (Å²) < 4.78 is 1.04. The number of carbonyl (C=O) groups excluding carboxylic acids is 2. The second-order valence-electron chi connectivity index (χ2n) is 4.92. The fourth-order valence-electron chi connectivity index (χ4n) is 2.14. The summed E-state index contributed by atoms with van der Waals surface area (Å²) in [5.74, 6) is -0.255. The zero-order chi connectivity index (χ0) is 16.4. The number of hydrogen-bond acceptors (Lipinski definition) is 3. The summed E-state index contributed by atoms with van der Waals surface area (Å²) in [7, 11) is 0. The van der Waals surface area contributed by atoms with E-state index in [1.54, 1.807) is 18.2 Å². The molecule has 0 saturated carbocycles. The Labute approximate surface area is 156 Å². The van der Waals surface area contributed by atoms with Gasteiger partial charge in [-0.05, 0) is 69.8 Å². The maximum atomic E-state index is 12.5. The SMILES string of the molecule is O=C1S/C(=C\c2ccccc2I)C(=O)N1Cc1ccc(Cl)cc1. The van der Waals surface area contributed by atoms with Crippen LogP contribution in [0, 0.1) is 3.57 Å². The van der Waals surface area contributed by atoms with Gasteiger partial charge in [0.05, 0.1) is 11.4 Å². The first-order chi connectivity index (χ1) is 11.0. The second kappa shape index (κ2) is 7.07. The molecule has 0 N–H and O–H groups in total. The maximum absolute atomic E-state index is 12.5. The predicted molar refractivity (Wildman–Crippen MR) is 102 cm³/mol. The topological polar surface area (TPSA) is 37.4 Å². The highest BCUT2D eigenvalue weighted by Crippen LogP contribution is 2.34. The number of benzene rings is 2. The zero-order valence-electron chi connectivity index (χ0n) is 11.8. The number of hydrogen-bond donors (Lipinski definition) is 0. The van der Waals surface area contributed by atoms with Gasteiger partial charge in [-0.25, -0.2) is 0 Å². The Morgan fingerprint density at radius 2 is 1.78 bits per heavy atom. The van der Waals surface area contributed by atoms with Crippen LogP contribution in [0.15, 0.2) is 53.4 Å². The Bertz CT molecular complexity index is 804. The van der Waals surface area contributed by atoms with Gasteiger partial charge in [-0.1, -0.05) is 41.9 Å². The Balaban J connectivity index is 1.82. The van der Waals surface area contributed by atoms with Crippen LogP contribution in [-0.2, 0) is 11.3 Å². The number of nitrogens with zero attached hydrogens (tertiary/aromatic N) is 1. The van der Waals surface area contributed by atoms with Crippen molar-refractivity contribution >= 4 is 63.2 Å². The minimum absolute atomic E-state index is 0.248. The molecule has 1 heterocycles. The quantitative estimate of drug-likeness (QED) is 0.473. The highest BCUT2D eigenvalue weighted by Gasteiger charge is 2.35. The van der Waals surface area contributed by atoms with Crippen LogP contribution in [0.5, 0.6) is 0 Å². The van der Waals surface area contributed by atoms with Crippen LogP contribution in [0.2, 0.25) is 5.02 Å². The number of rotatable bonds is 3. The van der Waals surface area contributed by atoms with Gasteiger partial charge in [0.1, 0.15) is 0 Å². The van der Waals surface area contributed by atoms with Gasteiger partial charge in [0.25, 0.3) is 11.1 Å². The van der Waals surface area contributed by atoms with Gasteiger partial charge in [0, 0.05) is 8.59 Å². The van der Waals surface area contributed by atoms with Crippen molar-refractivity contribution in [3.05, 3.63) is 73.2 Å². The summed E-state index contributed by atoms with van der Waals surface area (Å²) in [4.78, 5) is 26.3. The molecule has 0 aromatic heterocycles. The third-order valence-corrected chi connectivity index (χ3v) is 5.46. The summed E-state index contributed by atoms with van der Waals surface area (Å²) in [5, 5.41) is 0.378. The van der Waals surface area contributed by atoms with E-state index in [2.05, 4.69) is 22.6 Å². The first-order valence-electron chi connectivity index (χ1n) is 6.79. The lowest BCUT2D eigenvalue weighted by atomic mass is 10.2. The molecule has 0 spiro atoms. The maximum Gasteiger partial charge on any atom is 0.293 e. The molecule has 1 aliphatic rings. The third-order valence-electron chi connectivity index (χ3n) is 3.32. The lowest BCUT2D eigenvalue weighted by molar-refractivity contribution is -0.123. The summed E-state index contributed by atoms with van der Waals surface area (Å²) in [5.41, 5.74) is 1.80. The molecule has 0 radical (unpaired) electrons. The number of imide groups is 1. The minimum atomic E-state index is -0.255. The van der Waals surface area contributed by atoms with Crippen LogP contribution >= 0.6 is 46.0 Å². The van der Waals surface area contributed by atoms with E-state index in [-0.39, 0.29) is 17.7 Å². The fourth-order valence-corrected chi connectivity index (χ4v) is 3.64. The molecule has 0 unspecified atom stereocenters. The van der Waals surface area contributed by atoms with Gasteiger partial charge >= 0.3 is 0 Å². The van der Waals surface area contributed by atoms with E-state index in [1.165, 1.54) is 4.90 Å². The number of amides is 2. The molecule has 116 valence electrons. The van der Waals surface area contributed by atoms with E-state index in [4.69, 9.17) is 11.6 Å². The molecule has 1 aliphatic heterocycles. The molecular formula is C17H11ClINO2S. The number of carbonyl (C=O) groups is 2. The van der Waals surface area contributed by atoms with Crippen molar-refractivity contribution in [2.45, 2.75) is 6.54 Å². The highest BCUT2D eigenvalue weighted by atomic mass is 127. The standard InChI is InChI=1S/C17H11ClINO2S/c18-13-7-5-11(6-8-13)10-20-16(21)15(23-17(20)22)9-12-3-1-2-4-14(12)19/h1-9H,10H2/b15-9-. The molecule has 1 saturated heterocycles. The van der Waals surface area contributed by atoms with E-state index in [0.29, 0.717) is 9.93 Å². The Kier molecular flexibility index (Phi) is 5.08. The van der Waals surface area contributed by atoms with Crippen LogP contribution in [0.1, 0.15) is 11.1 Å². The van der Waals surface area contributed by atoms with E-state index in [9.17, 15) is 9.59 Å². The molecule has 2 amide bonds. The van der Waals surface area contributed by atoms with Crippen molar-refractivity contribution in [3.63, 3.8) is 0 Å². The van der Waals surface area contributed by atoms with Crippen molar-refractivity contribution in [1.82, 2.24) is 4.90 Å². The molecular weight excluding hydrogens is 445 g/mol. The van der Waals surface area contributed by atoms with Crippen LogP contribution in [-0.4, -0.2) is 16.0 Å². The van der Waals surface area contributed by atoms with Crippen LogP contribution < -0.4 is 0 Å². The molecule has 3 nitrogen and oxygen atoms in total. The van der Waals surface area contributed by atoms with Crippen molar-refractivity contribution in [3.8, 4) is 0 Å². The van der Waals surface area contributed by atoms with Gasteiger partial charge in [0.2, 0.25) is 0 Å². The van der Waals surface area contributed by atoms with Crippen LogP contribution in [0.3, 0.4) is 0 Å². The van der Waals surface area contributed by atoms with Crippen molar-refractivity contribution < 1.29 is 9.59 Å². The van der Waals surface area contributed by atoms with Crippen molar-refractivity contribution in [1.29, 1.82) is 0 Å². The molecule has 2 aromatic carbocycles. The van der Waals surface area contributed by atoms with E-state index < -0.39 is 0 Å². The summed E-state index contributed by atoms with van der Waals surface area (Å²) in [6.07, 6.45) is 1.77. The molecule has 3 rings (SSSR count). The van der Waals surface area contributed by atoms with Gasteiger partial charge in [-0.2, -0.15) is 0 Å². The normalized spacial score (nSPS) is 16.4. The fraction of sp³-hybridized carbons (Fsp3) is 0.0588. The van der Waals surface area contributed by atoms with Gasteiger partial charge in [-0.15, -0.1) is 0 Å². The molecule has 6 heteroatoms. The van der Waals surface area contributed by atoms with Gasteiger partial charge in [-0.3, -0.25) is 14.5 Å². The van der Waals surface area contributed by atoms with Gasteiger partial charge < -0.3 is 0 Å². The lowest BCUT2D eigenvalue weighted by Crippen LogP contribution is -2.27. The Hall–Kier alpha value is -1.31. The molecule has 0 aliphatic carbocycles. The average molecular weight is 456 g/mol. The van der Waals surface area contributed by atoms with E-state index in [1.807, 2.05) is 36.4 Å². The zero-order valence-corrected chi connectivity index (χ0v) is 15.6. The summed E-state index contributed by atoms with van der Waals surface area (Å²) >= 11 is 9.04. The second-order valence-corrected chi connectivity index (χ2v) is 7.51. The molecule has 23 heavy (non-hydrogen) atoms. The first-order valence-corrected chi connectivity index (χ1v) is 9.06. The minimum Gasteiger partial charge on any atom is -0.268 e. The first kappa shape index (κ1) is 16.5. The summed E-state index contributed by atoms with van der Waals surface area (Å²) in [6, 6.07) is 14.9. The predicted octanol–water partition coefficient (Wildman–Crippen LogP) is 5.18. The lowest BCUT2D eigenvalue weighted by Gasteiger charge is -2.12. The van der Waals surface area contributed by atoms with E-state index >= 15 is 0 Å². The molecule has 0 atom stereocenters. The Morgan fingerprint density at radius 3 is 2.48 bits per heavy atom. The van der Waals surface area contributed by atoms with Crippen LogP contribution in [0.25, 0.3) is 6.08 Å². The third kappa shape index (κ3) is 3.79. The van der Waals surface area contributed by atoms with Crippen LogP contribution in [0.4, 0.5) is 4.79 Å². The molecule has 0 bridgehead atoms. The Morgan fingerprint density at radius 1 is 1.09 bits per heavy atom. The monoisotopic (exact) mass is 455 g/mol. The summed E-state index contributed by atoms with van der Waals surface area (Å²) in [6.45, 7) is 0.255. The van der Waals surface area contributed by atoms with Gasteiger partial charge in [0.15, 0.2) is 0 Å². The van der Waals surface area contributed by atoms with Crippen molar-refractivity contribution in [2.75, 3.05) is 0 Å². The highest BCUT2D eigenvalue weighted by molar-refractivity contribution is 14.1. The average Bonchev–Trinajstić information content (AvgIpc) is 2.79. The smallest absolute Gasteiger partial charge is 0.268 e. The number of halogens is 2. The largest absolute Gasteiger partial charge is 0.293 e. The van der Waals surface area contributed by atoms with E-state index in [0.717, 1.165) is 26.5 Å². The molecule has 1 fully saturated rings. The van der Waals surface area contributed by atoms with Crippen molar-refractivity contribution in [2.24, 2.45) is 0 Å².